The molecular formula is C14H18N4O. The SMILES string of the molecule is CCNc1ncnc(N(C)c2ccccc2)c1OC. The highest BCUT2D eigenvalue weighted by Gasteiger charge is 2.16. The van der Waals surface area contributed by atoms with E-state index < -0.39 is 0 Å². The summed E-state index contributed by atoms with van der Waals surface area (Å²) in [6.07, 6.45) is 1.54. The third kappa shape index (κ3) is 2.76. The van der Waals surface area contributed by atoms with E-state index in [1.807, 2.05) is 49.2 Å². The lowest BCUT2D eigenvalue weighted by Gasteiger charge is -2.21. The van der Waals surface area contributed by atoms with E-state index in [4.69, 9.17) is 4.74 Å². The number of methoxy groups -OCH3 is 1. The van der Waals surface area contributed by atoms with Crippen molar-refractivity contribution < 1.29 is 4.74 Å². The third-order valence-electron chi connectivity index (χ3n) is 2.79. The maximum Gasteiger partial charge on any atom is 0.204 e. The van der Waals surface area contributed by atoms with E-state index in [-0.39, 0.29) is 0 Å². The molecule has 1 aromatic carbocycles. The summed E-state index contributed by atoms with van der Waals surface area (Å²) in [6, 6.07) is 10.0. The van der Waals surface area contributed by atoms with Crippen molar-refractivity contribution in [1.82, 2.24) is 9.97 Å². The van der Waals surface area contributed by atoms with Crippen molar-refractivity contribution in [2.75, 3.05) is 30.9 Å². The van der Waals surface area contributed by atoms with Crippen LogP contribution >= 0.6 is 0 Å². The van der Waals surface area contributed by atoms with E-state index in [0.717, 1.165) is 18.1 Å². The summed E-state index contributed by atoms with van der Waals surface area (Å²) in [5.74, 6) is 2.09. The minimum absolute atomic E-state index is 0.649. The van der Waals surface area contributed by atoms with Crippen molar-refractivity contribution in [3.63, 3.8) is 0 Å². The Morgan fingerprint density at radius 2 is 1.95 bits per heavy atom. The van der Waals surface area contributed by atoms with Gasteiger partial charge in [0.1, 0.15) is 6.33 Å². The number of ether oxygens (including phenoxy) is 1. The van der Waals surface area contributed by atoms with Crippen LogP contribution in [0.25, 0.3) is 0 Å². The molecule has 0 amide bonds. The Kier molecular flexibility index (Phi) is 4.18. The first kappa shape index (κ1) is 13.1. The van der Waals surface area contributed by atoms with Crippen molar-refractivity contribution in [2.45, 2.75) is 6.92 Å². The van der Waals surface area contributed by atoms with Crippen LogP contribution in [0.5, 0.6) is 5.75 Å². The molecule has 0 saturated heterocycles. The predicted octanol–water partition coefficient (Wildman–Crippen LogP) is 2.68. The van der Waals surface area contributed by atoms with Gasteiger partial charge in [-0.25, -0.2) is 9.97 Å². The minimum Gasteiger partial charge on any atom is -0.490 e. The molecular weight excluding hydrogens is 240 g/mol. The number of hydrogen-bond donors (Lipinski definition) is 1. The number of hydrogen-bond acceptors (Lipinski definition) is 5. The molecule has 0 atom stereocenters. The monoisotopic (exact) mass is 258 g/mol. The van der Waals surface area contributed by atoms with Crippen LogP contribution in [0.1, 0.15) is 6.92 Å². The quantitative estimate of drug-likeness (QED) is 0.893. The lowest BCUT2D eigenvalue weighted by Crippen LogP contribution is -2.14. The summed E-state index contributed by atoms with van der Waals surface area (Å²) in [5.41, 5.74) is 1.04. The molecule has 1 aromatic heterocycles. The third-order valence-corrected chi connectivity index (χ3v) is 2.79. The van der Waals surface area contributed by atoms with E-state index >= 15 is 0 Å². The van der Waals surface area contributed by atoms with Gasteiger partial charge in [0.25, 0.3) is 0 Å². The zero-order valence-corrected chi connectivity index (χ0v) is 11.4. The Morgan fingerprint density at radius 1 is 1.21 bits per heavy atom. The summed E-state index contributed by atoms with van der Waals surface area (Å²) in [4.78, 5) is 10.5. The topological polar surface area (TPSA) is 50.3 Å². The van der Waals surface area contributed by atoms with Gasteiger partial charge >= 0.3 is 0 Å². The summed E-state index contributed by atoms with van der Waals surface area (Å²) >= 11 is 0. The van der Waals surface area contributed by atoms with Crippen LogP contribution in [-0.4, -0.2) is 30.7 Å². The lowest BCUT2D eigenvalue weighted by molar-refractivity contribution is 0.414. The van der Waals surface area contributed by atoms with Gasteiger partial charge in [-0.15, -0.1) is 0 Å². The van der Waals surface area contributed by atoms with Crippen LogP contribution < -0.4 is 15.0 Å². The van der Waals surface area contributed by atoms with Gasteiger partial charge in [0, 0.05) is 19.3 Å². The van der Waals surface area contributed by atoms with Gasteiger partial charge in [-0.05, 0) is 19.1 Å². The maximum absolute atomic E-state index is 5.44. The number of aromatic nitrogens is 2. The molecule has 100 valence electrons. The van der Waals surface area contributed by atoms with Gasteiger partial charge in [-0.1, -0.05) is 18.2 Å². The van der Waals surface area contributed by atoms with E-state index in [0.29, 0.717) is 11.6 Å². The number of nitrogens with one attached hydrogen (secondary N) is 1. The lowest BCUT2D eigenvalue weighted by atomic mass is 10.3. The van der Waals surface area contributed by atoms with Crippen LogP contribution in [0, 0.1) is 0 Å². The van der Waals surface area contributed by atoms with Crippen LogP contribution in [0.3, 0.4) is 0 Å². The first-order valence-corrected chi connectivity index (χ1v) is 6.19. The molecule has 5 nitrogen and oxygen atoms in total. The molecule has 5 heteroatoms. The molecule has 2 aromatic rings. The summed E-state index contributed by atoms with van der Waals surface area (Å²) < 4.78 is 5.44. The van der Waals surface area contributed by atoms with E-state index in [9.17, 15) is 0 Å². The van der Waals surface area contributed by atoms with Crippen molar-refractivity contribution >= 4 is 17.3 Å². The van der Waals surface area contributed by atoms with Crippen molar-refractivity contribution in [1.29, 1.82) is 0 Å². The number of anilines is 3. The molecule has 0 spiro atoms. The smallest absolute Gasteiger partial charge is 0.204 e. The fourth-order valence-electron chi connectivity index (χ4n) is 1.86. The zero-order chi connectivity index (χ0) is 13.7. The zero-order valence-electron chi connectivity index (χ0n) is 11.4. The second-order valence-electron chi connectivity index (χ2n) is 4.00. The van der Waals surface area contributed by atoms with E-state index in [1.165, 1.54) is 6.33 Å². The second-order valence-corrected chi connectivity index (χ2v) is 4.00. The predicted molar refractivity (Wildman–Crippen MR) is 77.3 cm³/mol. The second kappa shape index (κ2) is 6.04. The maximum atomic E-state index is 5.44. The molecule has 0 bridgehead atoms. The van der Waals surface area contributed by atoms with E-state index in [2.05, 4.69) is 15.3 Å². The van der Waals surface area contributed by atoms with Gasteiger partial charge in [0.15, 0.2) is 11.6 Å². The van der Waals surface area contributed by atoms with Gasteiger partial charge in [-0.2, -0.15) is 0 Å². The highest BCUT2D eigenvalue weighted by molar-refractivity contribution is 5.70. The molecule has 0 aliphatic rings. The summed E-state index contributed by atoms with van der Waals surface area (Å²) in [7, 11) is 3.58. The van der Waals surface area contributed by atoms with Gasteiger partial charge in [0.05, 0.1) is 7.11 Å². The van der Waals surface area contributed by atoms with Crippen LogP contribution in [-0.2, 0) is 0 Å². The Labute approximate surface area is 113 Å². The molecule has 0 radical (unpaired) electrons. The molecule has 0 fully saturated rings. The van der Waals surface area contributed by atoms with Crippen LogP contribution in [0.15, 0.2) is 36.7 Å². The van der Waals surface area contributed by atoms with Crippen molar-refractivity contribution in [3.05, 3.63) is 36.7 Å². The molecule has 0 unspecified atom stereocenters. The largest absolute Gasteiger partial charge is 0.490 e. The molecule has 1 N–H and O–H groups in total. The number of rotatable bonds is 5. The Bertz CT molecular complexity index is 530. The molecule has 2 rings (SSSR count). The van der Waals surface area contributed by atoms with Gasteiger partial charge in [-0.3, -0.25) is 0 Å². The van der Waals surface area contributed by atoms with Crippen molar-refractivity contribution in [2.24, 2.45) is 0 Å². The fourth-order valence-corrected chi connectivity index (χ4v) is 1.86. The van der Waals surface area contributed by atoms with E-state index in [1.54, 1.807) is 7.11 Å². The number of benzene rings is 1. The molecule has 0 saturated carbocycles. The Morgan fingerprint density at radius 3 is 2.58 bits per heavy atom. The standard InChI is InChI=1S/C14H18N4O/c1-4-15-13-12(19-3)14(17-10-16-13)18(2)11-8-6-5-7-9-11/h5-10H,4H2,1-3H3,(H,15,16,17). The Balaban J connectivity index is 2.41. The number of para-hydroxylation sites is 1. The van der Waals surface area contributed by atoms with Crippen LogP contribution in [0.4, 0.5) is 17.3 Å². The van der Waals surface area contributed by atoms with Gasteiger partial charge < -0.3 is 15.0 Å². The molecule has 0 aliphatic carbocycles. The average molecular weight is 258 g/mol. The highest BCUT2D eigenvalue weighted by atomic mass is 16.5. The normalized spacial score (nSPS) is 10.1. The first-order valence-electron chi connectivity index (χ1n) is 6.19. The van der Waals surface area contributed by atoms with Gasteiger partial charge in [0.2, 0.25) is 5.75 Å². The average Bonchev–Trinajstić information content (AvgIpc) is 2.47. The highest BCUT2D eigenvalue weighted by Crippen LogP contribution is 2.34. The summed E-state index contributed by atoms with van der Waals surface area (Å²) in [5, 5.41) is 3.17. The van der Waals surface area contributed by atoms with Crippen LogP contribution in [0.2, 0.25) is 0 Å². The fraction of sp³-hybridized carbons (Fsp3) is 0.286. The first-order chi connectivity index (χ1) is 9.27. The Hall–Kier alpha value is -2.30. The number of nitrogens with zero attached hydrogens (tertiary/aromatic N) is 3. The molecule has 0 aliphatic heterocycles. The minimum atomic E-state index is 0.649. The molecule has 1 heterocycles. The van der Waals surface area contributed by atoms with Crippen molar-refractivity contribution in [3.8, 4) is 5.75 Å². The molecule has 19 heavy (non-hydrogen) atoms. The summed E-state index contributed by atoms with van der Waals surface area (Å²) in [6.45, 7) is 2.80.